The summed E-state index contributed by atoms with van der Waals surface area (Å²) >= 11 is 5.23. The van der Waals surface area contributed by atoms with Gasteiger partial charge in [0.15, 0.2) is 0 Å². The number of nitrogens with zero attached hydrogens (tertiary/aromatic N) is 2. The number of hydrogen-bond donors (Lipinski definition) is 0. The number of rotatable bonds is 1. The molecule has 0 bridgehead atoms. The van der Waals surface area contributed by atoms with E-state index in [-0.39, 0.29) is 4.75 Å². The molecule has 2 aromatic heterocycles. The Kier molecular flexibility index (Phi) is 3.22. The second-order valence-electron chi connectivity index (χ2n) is 4.54. The summed E-state index contributed by atoms with van der Waals surface area (Å²) < 4.78 is 1.15. The van der Waals surface area contributed by atoms with Crippen molar-refractivity contribution in [1.82, 2.24) is 9.97 Å². The minimum absolute atomic E-state index is 0.184. The summed E-state index contributed by atoms with van der Waals surface area (Å²) in [6.45, 7) is 6.59. The van der Waals surface area contributed by atoms with Gasteiger partial charge >= 0.3 is 0 Å². The normalized spacial score (nSPS) is 12.0. The van der Waals surface area contributed by atoms with Gasteiger partial charge in [0.25, 0.3) is 0 Å². The molecule has 0 N–H and O–H groups in total. The van der Waals surface area contributed by atoms with Gasteiger partial charge in [-0.25, -0.2) is 0 Å². The highest BCUT2D eigenvalue weighted by molar-refractivity contribution is 9.10. The average molecular weight is 297 g/mol. The van der Waals surface area contributed by atoms with E-state index in [1.54, 1.807) is 0 Å². The molecule has 0 aliphatic heterocycles. The molecule has 0 spiro atoms. The van der Waals surface area contributed by atoms with E-state index in [0.29, 0.717) is 0 Å². The Morgan fingerprint density at radius 2 is 2.00 bits per heavy atom. The van der Waals surface area contributed by atoms with Crippen molar-refractivity contribution in [2.75, 3.05) is 0 Å². The van der Waals surface area contributed by atoms with Crippen LogP contribution in [0.15, 0.2) is 33.9 Å². The minimum atomic E-state index is 0.184. The Hall–Kier alpha value is -0.610. The van der Waals surface area contributed by atoms with Gasteiger partial charge in [-0.1, -0.05) is 20.8 Å². The number of thioether (sulfide) groups is 1. The van der Waals surface area contributed by atoms with Gasteiger partial charge in [0.1, 0.15) is 5.52 Å². The van der Waals surface area contributed by atoms with Crippen LogP contribution in [0, 0.1) is 0 Å². The van der Waals surface area contributed by atoms with E-state index < -0.39 is 0 Å². The highest BCUT2D eigenvalue weighted by Crippen LogP contribution is 2.35. The van der Waals surface area contributed by atoms with E-state index >= 15 is 0 Å². The molecule has 2 aromatic rings. The van der Waals surface area contributed by atoms with Crippen LogP contribution in [0.4, 0.5) is 0 Å². The molecule has 4 heteroatoms. The highest BCUT2D eigenvalue weighted by atomic mass is 79.9. The number of aromatic nitrogens is 2. The monoisotopic (exact) mass is 296 g/mol. The number of pyridine rings is 2. The van der Waals surface area contributed by atoms with Crippen molar-refractivity contribution in [3.8, 4) is 0 Å². The summed E-state index contributed by atoms with van der Waals surface area (Å²) in [5, 5.41) is 0. The molecule has 84 valence electrons. The lowest BCUT2D eigenvalue weighted by atomic mass is 10.3. The maximum absolute atomic E-state index is 4.43. The third-order valence-electron chi connectivity index (χ3n) is 1.92. The van der Waals surface area contributed by atoms with E-state index in [0.717, 1.165) is 15.5 Å². The maximum atomic E-state index is 4.43. The van der Waals surface area contributed by atoms with Crippen molar-refractivity contribution >= 4 is 38.7 Å². The first kappa shape index (κ1) is 11.9. The van der Waals surface area contributed by atoms with Crippen molar-refractivity contribution in [2.45, 2.75) is 30.4 Å². The quantitative estimate of drug-likeness (QED) is 0.735. The van der Waals surface area contributed by atoms with Crippen LogP contribution in [-0.4, -0.2) is 14.7 Å². The van der Waals surface area contributed by atoms with Gasteiger partial charge in [0.2, 0.25) is 0 Å². The maximum Gasteiger partial charge on any atom is 0.102 e. The molecule has 0 aliphatic rings. The topological polar surface area (TPSA) is 25.8 Å². The molecule has 0 aliphatic carbocycles. The number of halogens is 1. The summed E-state index contributed by atoms with van der Waals surface area (Å²) in [5.41, 5.74) is 1.91. The van der Waals surface area contributed by atoms with E-state index in [2.05, 4.69) is 46.7 Å². The van der Waals surface area contributed by atoms with Crippen LogP contribution >= 0.6 is 27.7 Å². The molecule has 0 aromatic carbocycles. The third kappa shape index (κ3) is 2.74. The second kappa shape index (κ2) is 4.34. The number of hydrogen-bond acceptors (Lipinski definition) is 3. The summed E-state index contributed by atoms with van der Waals surface area (Å²) in [4.78, 5) is 9.95. The van der Waals surface area contributed by atoms with Gasteiger partial charge in [0, 0.05) is 26.5 Å². The minimum Gasteiger partial charge on any atom is -0.254 e. The Labute approximate surface area is 108 Å². The SMILES string of the molecule is CC(C)(C)Sc1ccnc2cc(Br)cnc12. The molecule has 0 saturated heterocycles. The van der Waals surface area contributed by atoms with Crippen LogP contribution in [0.5, 0.6) is 0 Å². The Bertz CT molecular complexity index is 520. The lowest BCUT2D eigenvalue weighted by molar-refractivity contribution is 0.803. The van der Waals surface area contributed by atoms with Gasteiger partial charge < -0.3 is 0 Å². The first-order valence-corrected chi connectivity index (χ1v) is 6.66. The molecule has 0 amide bonds. The molecule has 0 radical (unpaired) electrons. The highest BCUT2D eigenvalue weighted by Gasteiger charge is 2.14. The van der Waals surface area contributed by atoms with Crippen LogP contribution in [0.3, 0.4) is 0 Å². The van der Waals surface area contributed by atoms with Crippen LogP contribution < -0.4 is 0 Å². The van der Waals surface area contributed by atoms with Gasteiger partial charge in [0.05, 0.1) is 5.52 Å². The van der Waals surface area contributed by atoms with Crippen molar-refractivity contribution in [3.05, 3.63) is 29.0 Å². The van der Waals surface area contributed by atoms with Gasteiger partial charge in [-0.3, -0.25) is 9.97 Å². The standard InChI is InChI=1S/C12H13BrN2S/c1-12(2,3)16-10-4-5-14-9-6-8(13)7-15-11(9)10/h4-7H,1-3H3. The number of fused-ring (bicyclic) bond motifs is 1. The summed E-state index contributed by atoms with van der Waals surface area (Å²) in [7, 11) is 0. The fourth-order valence-electron chi connectivity index (χ4n) is 1.39. The third-order valence-corrected chi connectivity index (χ3v) is 3.52. The molecule has 0 atom stereocenters. The molecule has 0 fully saturated rings. The van der Waals surface area contributed by atoms with Crippen LogP contribution in [0.1, 0.15) is 20.8 Å². The Morgan fingerprint density at radius 3 is 2.69 bits per heavy atom. The lowest BCUT2D eigenvalue weighted by Gasteiger charge is -2.18. The molecular formula is C12H13BrN2S. The molecule has 16 heavy (non-hydrogen) atoms. The van der Waals surface area contributed by atoms with E-state index in [9.17, 15) is 0 Å². The molecular weight excluding hydrogens is 284 g/mol. The zero-order chi connectivity index (χ0) is 11.8. The van der Waals surface area contributed by atoms with Gasteiger partial charge in [-0.2, -0.15) is 0 Å². The molecule has 2 heterocycles. The summed E-state index contributed by atoms with van der Waals surface area (Å²) in [5.74, 6) is 0. The molecule has 0 saturated carbocycles. The summed E-state index contributed by atoms with van der Waals surface area (Å²) in [6, 6.07) is 4.02. The van der Waals surface area contributed by atoms with Crippen LogP contribution in [-0.2, 0) is 0 Å². The predicted octanol–water partition coefficient (Wildman–Crippen LogP) is 4.28. The molecule has 2 rings (SSSR count). The van der Waals surface area contributed by atoms with Gasteiger partial charge in [-0.05, 0) is 28.1 Å². The summed E-state index contributed by atoms with van der Waals surface area (Å²) in [6.07, 6.45) is 3.65. The van der Waals surface area contributed by atoms with E-state index in [1.807, 2.05) is 36.3 Å². The zero-order valence-electron chi connectivity index (χ0n) is 9.49. The van der Waals surface area contributed by atoms with Gasteiger partial charge in [-0.15, -0.1) is 11.8 Å². The first-order valence-electron chi connectivity index (χ1n) is 5.05. The second-order valence-corrected chi connectivity index (χ2v) is 7.33. The van der Waals surface area contributed by atoms with Crippen molar-refractivity contribution < 1.29 is 0 Å². The predicted molar refractivity (Wildman–Crippen MR) is 72.8 cm³/mol. The lowest BCUT2D eigenvalue weighted by Crippen LogP contribution is -2.07. The Morgan fingerprint density at radius 1 is 1.25 bits per heavy atom. The van der Waals surface area contributed by atoms with Crippen molar-refractivity contribution in [3.63, 3.8) is 0 Å². The van der Waals surface area contributed by atoms with Crippen molar-refractivity contribution in [2.24, 2.45) is 0 Å². The Balaban J connectivity index is 2.54. The molecule has 2 nitrogen and oxygen atoms in total. The smallest absolute Gasteiger partial charge is 0.102 e. The molecule has 0 unspecified atom stereocenters. The fourth-order valence-corrected chi connectivity index (χ4v) is 2.76. The van der Waals surface area contributed by atoms with Crippen LogP contribution in [0.25, 0.3) is 11.0 Å². The first-order chi connectivity index (χ1) is 7.46. The van der Waals surface area contributed by atoms with E-state index in [4.69, 9.17) is 0 Å². The zero-order valence-corrected chi connectivity index (χ0v) is 11.9. The fraction of sp³-hybridized carbons (Fsp3) is 0.333. The van der Waals surface area contributed by atoms with Crippen molar-refractivity contribution in [1.29, 1.82) is 0 Å². The largest absolute Gasteiger partial charge is 0.254 e. The van der Waals surface area contributed by atoms with E-state index in [1.165, 1.54) is 4.90 Å². The average Bonchev–Trinajstić information content (AvgIpc) is 2.15. The van der Waals surface area contributed by atoms with Crippen LogP contribution in [0.2, 0.25) is 0 Å².